The average molecular weight is 234 g/mol. The number of carbonyl (C=O) groups is 2. The zero-order valence-electron chi connectivity index (χ0n) is 9.55. The second kappa shape index (κ2) is 5.96. The number of ether oxygens (including phenoxy) is 1. The number of aliphatic hydroxyl groups is 1. The molecule has 0 aliphatic heterocycles. The van der Waals surface area contributed by atoms with E-state index in [2.05, 4.69) is 6.58 Å². The summed E-state index contributed by atoms with van der Waals surface area (Å²) in [6.45, 7) is 4.97. The number of esters is 1. The van der Waals surface area contributed by atoms with Crippen LogP contribution in [0.1, 0.15) is 23.7 Å². The van der Waals surface area contributed by atoms with E-state index in [9.17, 15) is 14.7 Å². The summed E-state index contributed by atoms with van der Waals surface area (Å²) in [5, 5.41) is 9.49. The van der Waals surface area contributed by atoms with Crippen LogP contribution in [0, 0.1) is 0 Å². The number of aliphatic hydroxyl groups excluding tert-OH is 1. The standard InChI is InChI=1S/C13H14O4/c1-3-10(14)13(16)9-7-5-6-8-11(9)17-12(15)4-2/h4-8,10,14H,2-3H2,1H3. The van der Waals surface area contributed by atoms with Gasteiger partial charge in [-0.15, -0.1) is 0 Å². The van der Waals surface area contributed by atoms with Gasteiger partial charge in [-0.3, -0.25) is 4.79 Å². The van der Waals surface area contributed by atoms with Gasteiger partial charge in [-0.1, -0.05) is 25.6 Å². The first-order valence-electron chi connectivity index (χ1n) is 5.25. The van der Waals surface area contributed by atoms with E-state index in [4.69, 9.17) is 4.74 Å². The Morgan fingerprint density at radius 1 is 1.47 bits per heavy atom. The van der Waals surface area contributed by atoms with Gasteiger partial charge in [0, 0.05) is 6.08 Å². The van der Waals surface area contributed by atoms with Crippen LogP contribution >= 0.6 is 0 Å². The molecule has 1 unspecified atom stereocenters. The van der Waals surface area contributed by atoms with Gasteiger partial charge in [0.25, 0.3) is 0 Å². The van der Waals surface area contributed by atoms with Gasteiger partial charge < -0.3 is 9.84 Å². The molecule has 0 radical (unpaired) electrons. The minimum absolute atomic E-state index is 0.134. The van der Waals surface area contributed by atoms with Crippen LogP contribution in [-0.2, 0) is 4.79 Å². The molecule has 1 rings (SSSR count). The molecule has 0 amide bonds. The maximum Gasteiger partial charge on any atom is 0.335 e. The number of carbonyl (C=O) groups excluding carboxylic acids is 2. The summed E-state index contributed by atoms with van der Waals surface area (Å²) in [4.78, 5) is 22.9. The van der Waals surface area contributed by atoms with Gasteiger partial charge in [-0.05, 0) is 18.6 Å². The normalized spacial score (nSPS) is 11.6. The monoisotopic (exact) mass is 234 g/mol. The van der Waals surface area contributed by atoms with Crippen LogP contribution in [0.2, 0.25) is 0 Å². The molecule has 1 atom stereocenters. The largest absolute Gasteiger partial charge is 0.423 e. The van der Waals surface area contributed by atoms with Crippen molar-refractivity contribution in [2.75, 3.05) is 0 Å². The van der Waals surface area contributed by atoms with Crippen molar-refractivity contribution in [1.82, 2.24) is 0 Å². The first-order valence-corrected chi connectivity index (χ1v) is 5.25. The molecule has 1 aromatic rings. The van der Waals surface area contributed by atoms with Gasteiger partial charge in [0.05, 0.1) is 5.56 Å². The van der Waals surface area contributed by atoms with E-state index in [0.717, 1.165) is 6.08 Å². The summed E-state index contributed by atoms with van der Waals surface area (Å²) in [7, 11) is 0. The van der Waals surface area contributed by atoms with E-state index < -0.39 is 17.9 Å². The van der Waals surface area contributed by atoms with Gasteiger partial charge in [0.2, 0.25) is 0 Å². The minimum Gasteiger partial charge on any atom is -0.423 e. The third-order valence-corrected chi connectivity index (χ3v) is 2.22. The predicted molar refractivity (Wildman–Crippen MR) is 62.9 cm³/mol. The second-order valence-electron chi connectivity index (χ2n) is 3.41. The van der Waals surface area contributed by atoms with E-state index in [-0.39, 0.29) is 11.3 Å². The molecule has 0 aromatic heterocycles. The molecular weight excluding hydrogens is 220 g/mol. The summed E-state index contributed by atoms with van der Waals surface area (Å²) in [5.41, 5.74) is 0.192. The lowest BCUT2D eigenvalue weighted by atomic mass is 10.0. The lowest BCUT2D eigenvalue weighted by Gasteiger charge is -2.10. The molecule has 0 aliphatic rings. The van der Waals surface area contributed by atoms with Crippen molar-refractivity contribution in [2.45, 2.75) is 19.4 Å². The number of para-hydroxylation sites is 1. The topological polar surface area (TPSA) is 63.6 Å². The Morgan fingerprint density at radius 3 is 2.71 bits per heavy atom. The van der Waals surface area contributed by atoms with Crippen molar-refractivity contribution in [2.24, 2.45) is 0 Å². The molecule has 17 heavy (non-hydrogen) atoms. The van der Waals surface area contributed by atoms with Gasteiger partial charge in [-0.25, -0.2) is 4.79 Å². The Morgan fingerprint density at radius 2 is 2.12 bits per heavy atom. The van der Waals surface area contributed by atoms with Gasteiger partial charge >= 0.3 is 5.97 Å². The Hall–Kier alpha value is -1.94. The van der Waals surface area contributed by atoms with Crippen molar-refractivity contribution >= 4 is 11.8 Å². The Labute approximate surface area is 99.5 Å². The molecule has 4 nitrogen and oxygen atoms in total. The third-order valence-electron chi connectivity index (χ3n) is 2.22. The summed E-state index contributed by atoms with van der Waals surface area (Å²) < 4.78 is 4.92. The van der Waals surface area contributed by atoms with E-state index in [1.165, 1.54) is 12.1 Å². The van der Waals surface area contributed by atoms with E-state index in [1.54, 1.807) is 19.1 Å². The van der Waals surface area contributed by atoms with E-state index in [1.807, 2.05) is 0 Å². The lowest BCUT2D eigenvalue weighted by molar-refractivity contribution is -0.128. The molecule has 0 aliphatic carbocycles. The number of hydrogen-bond acceptors (Lipinski definition) is 4. The Bertz CT molecular complexity index is 437. The second-order valence-corrected chi connectivity index (χ2v) is 3.41. The molecule has 0 saturated carbocycles. The predicted octanol–water partition coefficient (Wildman–Crippen LogP) is 1.73. The maximum absolute atomic E-state index is 11.8. The number of hydrogen-bond donors (Lipinski definition) is 1. The van der Waals surface area contributed by atoms with Gasteiger partial charge in [-0.2, -0.15) is 0 Å². The maximum atomic E-state index is 11.8. The molecule has 0 saturated heterocycles. The van der Waals surface area contributed by atoms with Crippen LogP contribution < -0.4 is 4.74 Å². The molecule has 1 aromatic carbocycles. The molecule has 90 valence electrons. The fraction of sp³-hybridized carbons (Fsp3) is 0.231. The molecule has 4 heteroatoms. The zero-order chi connectivity index (χ0) is 12.8. The first-order chi connectivity index (χ1) is 8.10. The highest BCUT2D eigenvalue weighted by molar-refractivity contribution is 6.02. The van der Waals surface area contributed by atoms with Crippen LogP contribution in [0.4, 0.5) is 0 Å². The van der Waals surface area contributed by atoms with Crippen molar-refractivity contribution in [3.05, 3.63) is 42.5 Å². The molecule has 0 fully saturated rings. The highest BCUT2D eigenvalue weighted by Gasteiger charge is 2.19. The quantitative estimate of drug-likeness (QED) is 0.365. The highest BCUT2D eigenvalue weighted by atomic mass is 16.5. The van der Waals surface area contributed by atoms with Crippen molar-refractivity contribution < 1.29 is 19.4 Å². The molecule has 0 spiro atoms. The van der Waals surface area contributed by atoms with Crippen LogP contribution in [0.15, 0.2) is 36.9 Å². The number of Topliss-reactive ketones (excluding diaryl/α,β-unsaturated/α-hetero) is 1. The summed E-state index contributed by atoms with van der Waals surface area (Å²) in [5.74, 6) is -0.967. The Balaban J connectivity index is 3.03. The molecule has 1 N–H and O–H groups in total. The van der Waals surface area contributed by atoms with Crippen LogP contribution in [-0.4, -0.2) is 23.0 Å². The lowest BCUT2D eigenvalue weighted by Crippen LogP contribution is -2.20. The highest BCUT2D eigenvalue weighted by Crippen LogP contribution is 2.20. The summed E-state index contributed by atoms with van der Waals surface area (Å²) >= 11 is 0. The number of rotatable bonds is 5. The third kappa shape index (κ3) is 3.26. The van der Waals surface area contributed by atoms with Crippen LogP contribution in [0.5, 0.6) is 5.75 Å². The molecule has 0 bridgehead atoms. The van der Waals surface area contributed by atoms with E-state index >= 15 is 0 Å². The molecular formula is C13H14O4. The Kier molecular flexibility index (Phi) is 4.60. The van der Waals surface area contributed by atoms with Crippen LogP contribution in [0.25, 0.3) is 0 Å². The smallest absolute Gasteiger partial charge is 0.335 e. The van der Waals surface area contributed by atoms with Crippen molar-refractivity contribution in [3.8, 4) is 5.75 Å². The first kappa shape index (κ1) is 13.1. The SMILES string of the molecule is C=CC(=O)Oc1ccccc1C(=O)C(O)CC. The summed E-state index contributed by atoms with van der Waals surface area (Å²) in [6.07, 6.45) is 0.235. The fourth-order valence-electron chi connectivity index (χ4n) is 1.27. The fourth-order valence-corrected chi connectivity index (χ4v) is 1.27. The summed E-state index contributed by atoms with van der Waals surface area (Å²) in [6, 6.07) is 6.28. The van der Waals surface area contributed by atoms with Crippen molar-refractivity contribution in [3.63, 3.8) is 0 Å². The molecule has 0 heterocycles. The number of ketones is 1. The van der Waals surface area contributed by atoms with Crippen LogP contribution in [0.3, 0.4) is 0 Å². The van der Waals surface area contributed by atoms with Gasteiger partial charge in [0.15, 0.2) is 5.78 Å². The average Bonchev–Trinajstić information content (AvgIpc) is 2.37. The van der Waals surface area contributed by atoms with E-state index in [0.29, 0.717) is 6.42 Å². The van der Waals surface area contributed by atoms with Crippen molar-refractivity contribution in [1.29, 1.82) is 0 Å². The zero-order valence-corrected chi connectivity index (χ0v) is 9.55. The minimum atomic E-state index is -1.08. The number of benzene rings is 1. The van der Waals surface area contributed by atoms with Gasteiger partial charge in [0.1, 0.15) is 11.9 Å².